The molecule has 2 aromatic rings. The van der Waals surface area contributed by atoms with Crippen LogP contribution in [-0.2, 0) is 0 Å². The van der Waals surface area contributed by atoms with Crippen molar-refractivity contribution in [2.75, 3.05) is 36.4 Å². The van der Waals surface area contributed by atoms with E-state index >= 15 is 0 Å². The third-order valence-electron chi connectivity index (χ3n) is 5.67. The van der Waals surface area contributed by atoms with E-state index in [1.807, 2.05) is 17.0 Å². The van der Waals surface area contributed by atoms with Gasteiger partial charge in [-0.25, -0.2) is 4.98 Å². The fraction of sp³-hybridized carbons (Fsp3) is 0.478. The molecule has 0 bridgehead atoms. The van der Waals surface area contributed by atoms with Gasteiger partial charge in [0.2, 0.25) is 0 Å². The molecule has 1 aliphatic heterocycles. The first kappa shape index (κ1) is 20.2. The predicted molar refractivity (Wildman–Crippen MR) is 117 cm³/mol. The van der Waals surface area contributed by atoms with Crippen molar-refractivity contribution in [2.24, 2.45) is 5.92 Å². The molecule has 2 heterocycles. The van der Waals surface area contributed by atoms with E-state index in [-0.39, 0.29) is 5.91 Å². The molecule has 0 unspecified atom stereocenters. The topological polar surface area (TPSA) is 48.5 Å². The van der Waals surface area contributed by atoms with Gasteiger partial charge in [0, 0.05) is 37.6 Å². The number of likely N-dealkylation sites (tertiary alicyclic amines) is 1. The van der Waals surface area contributed by atoms with Gasteiger partial charge in [0.05, 0.1) is 11.9 Å². The molecule has 1 fully saturated rings. The highest BCUT2D eigenvalue weighted by Gasteiger charge is 2.22. The predicted octanol–water partition coefficient (Wildman–Crippen LogP) is 4.85. The van der Waals surface area contributed by atoms with Crippen LogP contribution in [0.4, 0.5) is 17.1 Å². The maximum atomic E-state index is 12.6. The summed E-state index contributed by atoms with van der Waals surface area (Å²) in [5.41, 5.74) is 4.90. The zero-order chi connectivity index (χ0) is 20.1. The Labute approximate surface area is 168 Å². The molecule has 1 aliphatic rings. The van der Waals surface area contributed by atoms with E-state index in [0.29, 0.717) is 11.6 Å². The first-order valence-electron chi connectivity index (χ1n) is 10.4. The summed E-state index contributed by atoms with van der Waals surface area (Å²) >= 11 is 0. The van der Waals surface area contributed by atoms with Crippen molar-refractivity contribution in [3.63, 3.8) is 0 Å². The van der Waals surface area contributed by atoms with E-state index in [1.54, 1.807) is 6.20 Å². The van der Waals surface area contributed by atoms with Crippen LogP contribution in [0.5, 0.6) is 0 Å². The summed E-state index contributed by atoms with van der Waals surface area (Å²) in [4.78, 5) is 21.3. The fourth-order valence-corrected chi connectivity index (χ4v) is 3.70. The highest BCUT2D eigenvalue weighted by atomic mass is 16.2. The van der Waals surface area contributed by atoms with Crippen LogP contribution >= 0.6 is 0 Å². The first-order chi connectivity index (χ1) is 13.5. The van der Waals surface area contributed by atoms with Crippen molar-refractivity contribution < 1.29 is 4.79 Å². The Kier molecular flexibility index (Phi) is 6.55. The summed E-state index contributed by atoms with van der Waals surface area (Å²) in [5, 5.41) is 3.42. The zero-order valence-corrected chi connectivity index (χ0v) is 17.5. The molecule has 0 aliphatic carbocycles. The second kappa shape index (κ2) is 9.09. The lowest BCUT2D eigenvalue weighted by Gasteiger charge is -2.30. The highest BCUT2D eigenvalue weighted by molar-refractivity contribution is 5.92. The number of hydrogen-bond donors (Lipinski definition) is 1. The maximum Gasteiger partial charge on any atom is 0.272 e. The number of anilines is 3. The molecule has 5 heteroatoms. The van der Waals surface area contributed by atoms with Crippen molar-refractivity contribution in [1.82, 2.24) is 9.88 Å². The molecule has 0 saturated carbocycles. The van der Waals surface area contributed by atoms with E-state index in [2.05, 4.69) is 61.1 Å². The molecule has 5 nitrogen and oxygen atoms in total. The van der Waals surface area contributed by atoms with Crippen molar-refractivity contribution >= 4 is 23.0 Å². The van der Waals surface area contributed by atoms with Gasteiger partial charge in [0.15, 0.2) is 0 Å². The molecule has 0 atom stereocenters. The van der Waals surface area contributed by atoms with E-state index in [1.165, 1.54) is 11.3 Å². The lowest BCUT2D eigenvalue weighted by atomic mass is 9.99. The molecule has 1 N–H and O–H groups in total. The summed E-state index contributed by atoms with van der Waals surface area (Å²) in [6.07, 6.45) is 3.90. The number of benzene rings is 1. The van der Waals surface area contributed by atoms with Crippen LogP contribution in [0.2, 0.25) is 0 Å². The molecule has 0 radical (unpaired) electrons. The second-order valence-corrected chi connectivity index (χ2v) is 7.70. The lowest BCUT2D eigenvalue weighted by Crippen LogP contribution is -2.38. The van der Waals surface area contributed by atoms with E-state index in [0.717, 1.165) is 50.4 Å². The standard InChI is InChI=1S/C23H32N4O/c1-5-26(6-2)20-8-10-21(18(4)15-20)25-19-7-9-22(24-16-19)23(28)27-13-11-17(3)12-14-27/h7-10,15-17,25H,5-6,11-14H2,1-4H3. The average Bonchev–Trinajstić information content (AvgIpc) is 2.71. The number of carbonyl (C=O) groups is 1. The number of piperidine rings is 1. The Morgan fingerprint density at radius 1 is 1.18 bits per heavy atom. The van der Waals surface area contributed by atoms with Crippen LogP contribution in [-0.4, -0.2) is 42.0 Å². The van der Waals surface area contributed by atoms with E-state index in [4.69, 9.17) is 0 Å². The van der Waals surface area contributed by atoms with Gasteiger partial charge in [-0.1, -0.05) is 6.92 Å². The fourth-order valence-electron chi connectivity index (χ4n) is 3.70. The first-order valence-corrected chi connectivity index (χ1v) is 10.4. The average molecular weight is 381 g/mol. The van der Waals surface area contributed by atoms with Gasteiger partial charge >= 0.3 is 0 Å². The van der Waals surface area contributed by atoms with Crippen molar-refractivity contribution in [2.45, 2.75) is 40.5 Å². The third kappa shape index (κ3) is 4.64. The SMILES string of the molecule is CCN(CC)c1ccc(Nc2ccc(C(=O)N3CCC(C)CC3)nc2)c(C)c1. The molecule has 1 aromatic heterocycles. The Morgan fingerprint density at radius 3 is 2.46 bits per heavy atom. The summed E-state index contributed by atoms with van der Waals surface area (Å²) in [6, 6.07) is 10.2. The molecule has 3 rings (SSSR count). The van der Waals surface area contributed by atoms with Crippen molar-refractivity contribution in [1.29, 1.82) is 0 Å². The Morgan fingerprint density at radius 2 is 1.89 bits per heavy atom. The number of nitrogens with zero attached hydrogens (tertiary/aromatic N) is 3. The van der Waals surface area contributed by atoms with Gasteiger partial charge in [-0.15, -0.1) is 0 Å². The van der Waals surface area contributed by atoms with Gasteiger partial charge in [-0.2, -0.15) is 0 Å². The lowest BCUT2D eigenvalue weighted by molar-refractivity contribution is 0.0691. The van der Waals surface area contributed by atoms with Gasteiger partial charge in [0.25, 0.3) is 5.91 Å². The van der Waals surface area contributed by atoms with Crippen LogP contribution in [0.25, 0.3) is 0 Å². The Balaban J connectivity index is 1.66. The highest BCUT2D eigenvalue weighted by Crippen LogP contribution is 2.25. The number of rotatable bonds is 6. The molecule has 28 heavy (non-hydrogen) atoms. The molecule has 1 aromatic carbocycles. The zero-order valence-electron chi connectivity index (χ0n) is 17.5. The largest absolute Gasteiger partial charge is 0.372 e. The Hall–Kier alpha value is -2.56. The van der Waals surface area contributed by atoms with Gasteiger partial charge < -0.3 is 15.1 Å². The van der Waals surface area contributed by atoms with Crippen LogP contribution in [0.1, 0.15) is 49.7 Å². The molecular weight excluding hydrogens is 348 g/mol. The molecule has 1 saturated heterocycles. The number of amides is 1. The van der Waals surface area contributed by atoms with E-state index < -0.39 is 0 Å². The number of nitrogens with one attached hydrogen (secondary N) is 1. The molecule has 150 valence electrons. The number of pyridine rings is 1. The number of aryl methyl sites for hydroxylation is 1. The smallest absolute Gasteiger partial charge is 0.272 e. The van der Waals surface area contributed by atoms with Gasteiger partial charge in [-0.3, -0.25) is 4.79 Å². The van der Waals surface area contributed by atoms with Crippen LogP contribution in [0, 0.1) is 12.8 Å². The van der Waals surface area contributed by atoms with Gasteiger partial charge in [-0.05, 0) is 75.4 Å². The second-order valence-electron chi connectivity index (χ2n) is 7.70. The summed E-state index contributed by atoms with van der Waals surface area (Å²) in [6.45, 7) is 12.4. The summed E-state index contributed by atoms with van der Waals surface area (Å²) < 4.78 is 0. The number of carbonyl (C=O) groups excluding carboxylic acids is 1. The van der Waals surface area contributed by atoms with Crippen LogP contribution in [0.3, 0.4) is 0 Å². The summed E-state index contributed by atoms with van der Waals surface area (Å²) in [7, 11) is 0. The monoisotopic (exact) mass is 380 g/mol. The molecule has 0 spiro atoms. The quantitative estimate of drug-likeness (QED) is 0.778. The Bertz CT molecular complexity index is 791. The minimum absolute atomic E-state index is 0.0400. The third-order valence-corrected chi connectivity index (χ3v) is 5.67. The number of hydrogen-bond acceptors (Lipinski definition) is 4. The maximum absolute atomic E-state index is 12.6. The minimum Gasteiger partial charge on any atom is -0.372 e. The van der Waals surface area contributed by atoms with Gasteiger partial charge in [0.1, 0.15) is 5.69 Å². The summed E-state index contributed by atoms with van der Waals surface area (Å²) in [5.74, 6) is 0.748. The molecule has 1 amide bonds. The normalized spacial score (nSPS) is 14.8. The number of aromatic nitrogens is 1. The van der Waals surface area contributed by atoms with Crippen molar-refractivity contribution in [3.05, 3.63) is 47.8 Å². The minimum atomic E-state index is 0.0400. The molecular formula is C23H32N4O. The van der Waals surface area contributed by atoms with Crippen LogP contribution in [0.15, 0.2) is 36.5 Å². The van der Waals surface area contributed by atoms with Crippen LogP contribution < -0.4 is 10.2 Å². The van der Waals surface area contributed by atoms with Crippen molar-refractivity contribution in [3.8, 4) is 0 Å². The van der Waals surface area contributed by atoms with E-state index in [9.17, 15) is 4.79 Å².